The maximum absolute atomic E-state index is 2.59. The highest BCUT2D eigenvalue weighted by Gasteiger charge is 2.45. The van der Waals surface area contributed by atoms with E-state index >= 15 is 0 Å². The lowest BCUT2D eigenvalue weighted by molar-refractivity contribution is 0.866. The van der Waals surface area contributed by atoms with Crippen LogP contribution >= 0.6 is 0 Å². The minimum absolute atomic E-state index is 0.102. The van der Waals surface area contributed by atoms with Crippen LogP contribution in [0, 0.1) is 0 Å². The molecule has 0 spiro atoms. The van der Waals surface area contributed by atoms with Gasteiger partial charge in [0.05, 0.1) is 0 Å². The Balaban J connectivity index is 1.50. The van der Waals surface area contributed by atoms with E-state index in [1.54, 1.807) is 0 Å². The van der Waals surface area contributed by atoms with Gasteiger partial charge in [-0.3, -0.25) is 0 Å². The van der Waals surface area contributed by atoms with E-state index in [1.165, 1.54) is 83.1 Å². The van der Waals surface area contributed by atoms with Gasteiger partial charge in [-0.1, -0.05) is 158 Å². The Morgan fingerprint density at radius 2 is 0.796 bits per heavy atom. The molecule has 4 heteroatoms. The summed E-state index contributed by atoms with van der Waals surface area (Å²) in [5.41, 5.74) is 17.3. The van der Waals surface area contributed by atoms with Crippen molar-refractivity contribution in [1.82, 2.24) is 0 Å². The number of anilines is 6. The van der Waals surface area contributed by atoms with Crippen molar-refractivity contribution in [2.24, 2.45) is 0 Å². The van der Waals surface area contributed by atoms with Crippen molar-refractivity contribution in [1.29, 1.82) is 0 Å². The number of rotatable bonds is 8. The van der Waals surface area contributed by atoms with Gasteiger partial charge in [-0.05, 0) is 111 Å². The van der Waals surface area contributed by atoms with E-state index in [-0.39, 0.29) is 6.71 Å². The van der Waals surface area contributed by atoms with Gasteiger partial charge in [0.2, 0.25) is 0 Å². The number of hydrogen-bond acceptors (Lipinski definition) is 2. The zero-order chi connectivity index (χ0) is 38.1. The number of hydrogen-bond donors (Lipinski definition) is 0. The van der Waals surface area contributed by atoms with Crippen molar-refractivity contribution < 1.29 is 0 Å². The van der Waals surface area contributed by atoms with Crippen LogP contribution < -0.4 is 36.6 Å². The zero-order valence-corrected chi connectivity index (χ0v) is 34.9. The molecule has 8 rings (SSSR count). The zero-order valence-electron chi connectivity index (χ0n) is 33.9. The van der Waals surface area contributed by atoms with Gasteiger partial charge < -0.3 is 9.80 Å². The standard InChI is InChI=1S/C50H55BN2Si/c1-32(2)36-16-22-40(23-17-36)52-46-26-20-38(34(5)6)28-44(46)51-45-29-39(35(7)8)21-27-47(45)53(41-24-18-37(19-25-41)33(3)4)49-31-43(30-48(52)50(49)51)54(9,10)42-14-12-11-13-15-42/h11-35H,1-10H3. The van der Waals surface area contributed by atoms with E-state index in [4.69, 9.17) is 0 Å². The van der Waals surface area contributed by atoms with Crippen LogP contribution in [0.1, 0.15) is 101 Å². The third-order valence-electron chi connectivity index (χ3n) is 12.3. The predicted molar refractivity (Wildman–Crippen MR) is 240 cm³/mol. The van der Waals surface area contributed by atoms with E-state index in [9.17, 15) is 0 Å². The summed E-state index contributed by atoms with van der Waals surface area (Å²) in [5, 5.41) is 2.89. The maximum atomic E-state index is 2.59. The van der Waals surface area contributed by atoms with Crippen molar-refractivity contribution in [2.75, 3.05) is 9.80 Å². The van der Waals surface area contributed by atoms with Gasteiger partial charge in [0.1, 0.15) is 8.07 Å². The normalized spacial score (nSPS) is 13.6. The lowest BCUT2D eigenvalue weighted by Crippen LogP contribution is -2.63. The Morgan fingerprint density at radius 1 is 0.407 bits per heavy atom. The summed E-state index contributed by atoms with van der Waals surface area (Å²) in [6.45, 7) is 23.6. The highest BCUT2D eigenvalue weighted by molar-refractivity contribution is 7.02. The summed E-state index contributed by atoms with van der Waals surface area (Å²) in [4.78, 5) is 5.18. The van der Waals surface area contributed by atoms with Crippen LogP contribution in [0.15, 0.2) is 127 Å². The van der Waals surface area contributed by atoms with Crippen molar-refractivity contribution >= 4 is 75.7 Å². The molecule has 0 atom stereocenters. The van der Waals surface area contributed by atoms with Crippen LogP contribution in [0.25, 0.3) is 0 Å². The predicted octanol–water partition coefficient (Wildman–Crippen LogP) is 11.1. The Bertz CT molecular complexity index is 2180. The molecule has 0 unspecified atom stereocenters. The average Bonchev–Trinajstić information content (AvgIpc) is 3.17. The molecule has 0 amide bonds. The molecule has 6 aromatic carbocycles. The molecule has 0 fully saturated rings. The Kier molecular flexibility index (Phi) is 9.25. The molecule has 0 saturated carbocycles. The van der Waals surface area contributed by atoms with E-state index in [2.05, 4.69) is 206 Å². The Hall–Kier alpha value is -4.80. The van der Waals surface area contributed by atoms with Crippen LogP contribution in [0.2, 0.25) is 13.1 Å². The van der Waals surface area contributed by atoms with E-state index in [0.717, 1.165) is 0 Å². The van der Waals surface area contributed by atoms with Crippen LogP contribution in [-0.4, -0.2) is 14.8 Å². The summed E-state index contributed by atoms with van der Waals surface area (Å²) in [6.07, 6.45) is 0. The first kappa shape index (κ1) is 36.2. The second-order valence-electron chi connectivity index (χ2n) is 17.5. The first-order valence-corrected chi connectivity index (χ1v) is 23.2. The molecule has 0 saturated heterocycles. The molecule has 2 heterocycles. The minimum atomic E-state index is -2.15. The first-order chi connectivity index (χ1) is 25.8. The smallest absolute Gasteiger partial charge is 0.252 e. The molecule has 0 N–H and O–H groups in total. The van der Waals surface area contributed by atoms with Crippen LogP contribution in [0.4, 0.5) is 34.1 Å². The van der Waals surface area contributed by atoms with Gasteiger partial charge in [0, 0.05) is 34.1 Å². The highest BCUT2D eigenvalue weighted by Crippen LogP contribution is 2.45. The third kappa shape index (κ3) is 6.04. The Morgan fingerprint density at radius 3 is 1.19 bits per heavy atom. The molecule has 272 valence electrons. The molecular weight excluding hydrogens is 667 g/mol. The SMILES string of the molecule is CC(C)c1ccc(N2c3ccc(C(C)C)cc3B3c4cc(C(C)C)ccc4N(c4ccc(C(C)C)cc4)c4cc([Si](C)(C)c5ccccc5)cc2c43)cc1. The van der Waals surface area contributed by atoms with Crippen LogP contribution in [0.5, 0.6) is 0 Å². The lowest BCUT2D eigenvalue weighted by atomic mass is 9.33. The lowest BCUT2D eigenvalue weighted by Gasteiger charge is -2.45. The summed E-state index contributed by atoms with van der Waals surface area (Å²) >= 11 is 0. The second kappa shape index (κ2) is 13.8. The van der Waals surface area contributed by atoms with Crippen molar-refractivity contribution in [3.63, 3.8) is 0 Å². The van der Waals surface area contributed by atoms with Gasteiger partial charge >= 0.3 is 0 Å². The molecular formula is C50H55BN2Si. The average molecular weight is 723 g/mol. The fourth-order valence-corrected chi connectivity index (χ4v) is 11.1. The monoisotopic (exact) mass is 722 g/mol. The molecule has 0 radical (unpaired) electrons. The molecule has 2 aliphatic rings. The van der Waals surface area contributed by atoms with E-state index in [1.807, 2.05) is 0 Å². The van der Waals surface area contributed by atoms with Gasteiger partial charge in [-0.15, -0.1) is 0 Å². The molecule has 6 aromatic rings. The topological polar surface area (TPSA) is 6.48 Å². The van der Waals surface area contributed by atoms with Gasteiger partial charge in [-0.25, -0.2) is 0 Å². The fraction of sp³-hybridized carbons (Fsp3) is 0.280. The van der Waals surface area contributed by atoms with Crippen molar-refractivity contribution in [3.05, 3.63) is 150 Å². The summed E-state index contributed by atoms with van der Waals surface area (Å²) in [7, 11) is -2.15. The highest BCUT2D eigenvalue weighted by atomic mass is 28.3. The Labute approximate surface area is 326 Å². The number of nitrogens with zero attached hydrogens (tertiary/aromatic N) is 2. The maximum Gasteiger partial charge on any atom is 0.252 e. The molecule has 2 aliphatic heterocycles. The van der Waals surface area contributed by atoms with Crippen LogP contribution in [0.3, 0.4) is 0 Å². The first-order valence-electron chi connectivity index (χ1n) is 20.2. The molecule has 2 nitrogen and oxygen atoms in total. The second-order valence-corrected chi connectivity index (χ2v) is 21.9. The quantitative estimate of drug-likeness (QED) is 0.144. The molecule has 0 aromatic heterocycles. The van der Waals surface area contributed by atoms with E-state index in [0.29, 0.717) is 23.7 Å². The summed E-state index contributed by atoms with van der Waals surface area (Å²) in [6, 6.07) is 49.8. The van der Waals surface area contributed by atoms with Gasteiger partial charge in [-0.2, -0.15) is 0 Å². The number of fused-ring (bicyclic) bond motifs is 4. The minimum Gasteiger partial charge on any atom is -0.311 e. The molecule has 54 heavy (non-hydrogen) atoms. The van der Waals surface area contributed by atoms with Crippen LogP contribution in [-0.2, 0) is 0 Å². The fourth-order valence-electron chi connectivity index (χ4n) is 8.72. The third-order valence-corrected chi connectivity index (χ3v) is 15.8. The van der Waals surface area contributed by atoms with Gasteiger partial charge in [0.15, 0.2) is 0 Å². The largest absolute Gasteiger partial charge is 0.311 e. The summed E-state index contributed by atoms with van der Waals surface area (Å²) < 4.78 is 0. The van der Waals surface area contributed by atoms with Gasteiger partial charge in [0.25, 0.3) is 6.71 Å². The number of benzene rings is 6. The van der Waals surface area contributed by atoms with Crippen molar-refractivity contribution in [2.45, 2.75) is 92.2 Å². The van der Waals surface area contributed by atoms with E-state index < -0.39 is 8.07 Å². The van der Waals surface area contributed by atoms with Crippen molar-refractivity contribution in [3.8, 4) is 0 Å². The summed E-state index contributed by atoms with van der Waals surface area (Å²) in [5.74, 6) is 1.80. The molecule has 0 bridgehead atoms. The molecule has 0 aliphatic carbocycles.